The predicted molar refractivity (Wildman–Crippen MR) is 134 cm³/mol. The van der Waals surface area contributed by atoms with Crippen molar-refractivity contribution >= 4 is 23.7 Å². The van der Waals surface area contributed by atoms with Crippen molar-refractivity contribution < 1.29 is 28.7 Å². The van der Waals surface area contributed by atoms with E-state index in [0.29, 0.717) is 35.5 Å². The number of carbonyl (C=O) groups is 4. The number of amides is 3. The molecule has 3 aromatic rings. The Morgan fingerprint density at radius 2 is 1.57 bits per heavy atom. The third-order valence-electron chi connectivity index (χ3n) is 6.78. The van der Waals surface area contributed by atoms with Gasteiger partial charge in [0.05, 0.1) is 37.0 Å². The molecule has 2 aliphatic heterocycles. The van der Waals surface area contributed by atoms with E-state index in [4.69, 9.17) is 9.47 Å². The number of imide groups is 1. The van der Waals surface area contributed by atoms with Crippen LogP contribution in [-0.2, 0) is 29.0 Å². The first-order valence-electron chi connectivity index (χ1n) is 12.1. The van der Waals surface area contributed by atoms with Gasteiger partial charge in [0.25, 0.3) is 17.7 Å². The minimum Gasteiger partial charge on any atom is -0.493 e. The maximum atomic E-state index is 13.9. The zero-order valence-electron chi connectivity index (χ0n) is 20.6. The van der Waals surface area contributed by atoms with Gasteiger partial charge in [-0.1, -0.05) is 42.5 Å². The summed E-state index contributed by atoms with van der Waals surface area (Å²) in [6.07, 6.45) is 0.341. The molecule has 37 heavy (non-hydrogen) atoms. The minimum atomic E-state index is -0.790. The maximum absolute atomic E-state index is 13.9. The fraction of sp³-hybridized carbons (Fsp3) is 0.241. The van der Waals surface area contributed by atoms with Gasteiger partial charge in [-0.05, 0) is 47.9 Å². The fourth-order valence-electron chi connectivity index (χ4n) is 4.93. The van der Waals surface area contributed by atoms with Gasteiger partial charge in [0.2, 0.25) is 0 Å². The number of carbonyl (C=O) groups excluding carboxylic acids is 4. The molecule has 0 N–H and O–H groups in total. The number of esters is 1. The molecular formula is C29H26N2O6. The van der Waals surface area contributed by atoms with Gasteiger partial charge in [-0.15, -0.1) is 0 Å². The Morgan fingerprint density at radius 1 is 0.919 bits per heavy atom. The van der Waals surface area contributed by atoms with Crippen LogP contribution in [0.25, 0.3) is 0 Å². The molecule has 1 atom stereocenters. The highest BCUT2D eigenvalue weighted by Gasteiger charge is 2.38. The molecule has 0 radical (unpaired) electrons. The van der Waals surface area contributed by atoms with E-state index in [9.17, 15) is 19.2 Å². The number of ether oxygens (including phenoxy) is 2. The number of hydrogen-bond acceptors (Lipinski definition) is 6. The molecule has 0 spiro atoms. The van der Waals surface area contributed by atoms with Gasteiger partial charge in [-0.3, -0.25) is 19.3 Å². The van der Waals surface area contributed by atoms with E-state index in [1.807, 2.05) is 31.2 Å². The number of rotatable bonds is 6. The number of hydrogen-bond donors (Lipinski definition) is 0. The lowest BCUT2D eigenvalue weighted by Gasteiger charge is -2.35. The summed E-state index contributed by atoms with van der Waals surface area (Å²) in [4.78, 5) is 55.0. The van der Waals surface area contributed by atoms with E-state index in [0.717, 1.165) is 11.1 Å². The molecule has 0 fully saturated rings. The molecule has 5 rings (SSSR count). The van der Waals surface area contributed by atoms with Gasteiger partial charge < -0.3 is 14.4 Å². The Labute approximate surface area is 214 Å². The topological polar surface area (TPSA) is 93.2 Å². The minimum absolute atomic E-state index is 0.00228. The molecule has 3 amide bonds. The first kappa shape index (κ1) is 24.2. The lowest BCUT2D eigenvalue weighted by Crippen LogP contribution is -2.49. The van der Waals surface area contributed by atoms with E-state index in [1.165, 1.54) is 16.9 Å². The summed E-state index contributed by atoms with van der Waals surface area (Å²) < 4.78 is 10.8. The van der Waals surface area contributed by atoms with Gasteiger partial charge in [0, 0.05) is 13.0 Å². The number of benzene rings is 3. The number of fused-ring (bicyclic) bond motifs is 2. The highest BCUT2D eigenvalue weighted by molar-refractivity contribution is 6.21. The Kier molecular flexibility index (Phi) is 6.48. The van der Waals surface area contributed by atoms with E-state index in [1.54, 1.807) is 42.5 Å². The van der Waals surface area contributed by atoms with Crippen LogP contribution >= 0.6 is 0 Å². The van der Waals surface area contributed by atoms with Crippen LogP contribution in [-0.4, -0.2) is 53.2 Å². The van der Waals surface area contributed by atoms with Crippen molar-refractivity contribution in [2.45, 2.75) is 32.5 Å². The Balaban J connectivity index is 1.48. The standard InChI is InChI=1S/C29H26N2O6/c1-3-37-25-13-12-18(16-31-26(32)21-10-6-7-11-22(21)27(31)33)14-23(25)28(34)30-17-20-9-5-4-8-19(20)15-24(30)29(35)36-2/h4-14,24H,3,15-17H2,1-2H3. The van der Waals surface area contributed by atoms with Crippen LogP contribution in [0.4, 0.5) is 0 Å². The summed E-state index contributed by atoms with van der Waals surface area (Å²) in [5, 5.41) is 0. The van der Waals surface area contributed by atoms with Gasteiger partial charge in [0.1, 0.15) is 11.8 Å². The summed E-state index contributed by atoms with van der Waals surface area (Å²) in [5.41, 5.74) is 3.52. The molecular weight excluding hydrogens is 472 g/mol. The smallest absolute Gasteiger partial charge is 0.328 e. The SMILES string of the molecule is CCOc1ccc(CN2C(=O)c3ccccc3C2=O)cc1C(=O)N1Cc2ccccc2CC1C(=O)OC. The van der Waals surface area contributed by atoms with E-state index in [2.05, 4.69) is 0 Å². The molecule has 2 heterocycles. The average molecular weight is 499 g/mol. The van der Waals surface area contributed by atoms with Crippen molar-refractivity contribution in [3.63, 3.8) is 0 Å². The summed E-state index contributed by atoms with van der Waals surface area (Å²) in [5.74, 6) is -1.27. The van der Waals surface area contributed by atoms with Crippen LogP contribution < -0.4 is 4.74 Å². The summed E-state index contributed by atoms with van der Waals surface area (Å²) in [7, 11) is 1.31. The number of nitrogens with zero attached hydrogens (tertiary/aromatic N) is 2. The molecule has 2 aliphatic rings. The van der Waals surface area contributed by atoms with E-state index in [-0.39, 0.29) is 30.5 Å². The van der Waals surface area contributed by atoms with Crippen LogP contribution in [0, 0.1) is 0 Å². The number of methoxy groups -OCH3 is 1. The van der Waals surface area contributed by atoms with Crippen molar-refractivity contribution in [2.24, 2.45) is 0 Å². The van der Waals surface area contributed by atoms with Crippen LogP contribution in [0.5, 0.6) is 5.75 Å². The molecule has 0 saturated heterocycles. The zero-order valence-corrected chi connectivity index (χ0v) is 20.6. The maximum Gasteiger partial charge on any atom is 0.328 e. The second-order valence-electron chi connectivity index (χ2n) is 8.95. The van der Waals surface area contributed by atoms with E-state index >= 15 is 0 Å². The molecule has 8 nitrogen and oxygen atoms in total. The molecule has 0 aromatic heterocycles. The van der Waals surface area contributed by atoms with Crippen molar-refractivity contribution in [3.8, 4) is 5.75 Å². The fourth-order valence-corrected chi connectivity index (χ4v) is 4.93. The van der Waals surface area contributed by atoms with Crippen LogP contribution in [0.1, 0.15) is 54.7 Å². The third kappa shape index (κ3) is 4.35. The van der Waals surface area contributed by atoms with Crippen molar-refractivity contribution in [1.29, 1.82) is 0 Å². The van der Waals surface area contributed by atoms with Crippen LogP contribution in [0.3, 0.4) is 0 Å². The van der Waals surface area contributed by atoms with Gasteiger partial charge in [-0.25, -0.2) is 4.79 Å². The molecule has 0 aliphatic carbocycles. The molecule has 188 valence electrons. The monoisotopic (exact) mass is 498 g/mol. The predicted octanol–water partition coefficient (Wildman–Crippen LogP) is 3.62. The summed E-state index contributed by atoms with van der Waals surface area (Å²) in [6, 6.07) is 18.6. The first-order valence-corrected chi connectivity index (χ1v) is 12.1. The molecule has 8 heteroatoms. The third-order valence-corrected chi connectivity index (χ3v) is 6.78. The summed E-state index contributed by atoms with van der Waals surface area (Å²) >= 11 is 0. The summed E-state index contributed by atoms with van der Waals surface area (Å²) in [6.45, 7) is 2.39. The van der Waals surface area contributed by atoms with Gasteiger partial charge in [-0.2, -0.15) is 0 Å². The second-order valence-corrected chi connectivity index (χ2v) is 8.95. The molecule has 0 saturated carbocycles. The lowest BCUT2D eigenvalue weighted by atomic mass is 9.93. The normalized spacial score (nSPS) is 16.3. The van der Waals surface area contributed by atoms with Crippen LogP contribution in [0.15, 0.2) is 66.7 Å². The first-order chi connectivity index (χ1) is 17.9. The van der Waals surface area contributed by atoms with Crippen molar-refractivity contribution in [2.75, 3.05) is 13.7 Å². The Bertz CT molecular complexity index is 1380. The second kappa shape index (κ2) is 9.89. The zero-order chi connectivity index (χ0) is 26.1. The van der Waals surface area contributed by atoms with Crippen molar-refractivity contribution in [1.82, 2.24) is 9.80 Å². The lowest BCUT2D eigenvalue weighted by molar-refractivity contribution is -0.146. The van der Waals surface area contributed by atoms with E-state index < -0.39 is 17.9 Å². The molecule has 3 aromatic carbocycles. The molecule has 1 unspecified atom stereocenters. The van der Waals surface area contributed by atoms with Gasteiger partial charge in [0.15, 0.2) is 0 Å². The quantitative estimate of drug-likeness (QED) is 0.381. The van der Waals surface area contributed by atoms with Crippen molar-refractivity contribution in [3.05, 3.63) is 100 Å². The van der Waals surface area contributed by atoms with Crippen LogP contribution in [0.2, 0.25) is 0 Å². The largest absolute Gasteiger partial charge is 0.493 e. The average Bonchev–Trinajstić information content (AvgIpc) is 3.17. The van der Waals surface area contributed by atoms with Gasteiger partial charge >= 0.3 is 5.97 Å². The molecule has 0 bridgehead atoms. The highest BCUT2D eigenvalue weighted by atomic mass is 16.5. The Hall–Kier alpha value is -4.46. The highest BCUT2D eigenvalue weighted by Crippen LogP contribution is 2.31. The Morgan fingerprint density at radius 3 is 2.22 bits per heavy atom.